The monoisotopic (exact) mass is 556 g/mol. The zero-order valence-electron chi connectivity index (χ0n) is 22.3. The summed E-state index contributed by atoms with van der Waals surface area (Å²) in [5, 5.41) is 24.6. The maximum Gasteiger partial charge on any atom is 0.311 e. The number of pyridine rings is 1. The Morgan fingerprint density at radius 3 is 2.63 bits per heavy atom. The number of aromatic hydroxyl groups is 2. The first-order chi connectivity index (χ1) is 19.9. The number of hydrogen-bond acceptors (Lipinski definition) is 8. The van der Waals surface area contributed by atoms with Gasteiger partial charge in [0, 0.05) is 31.1 Å². The number of aryl methyl sites for hydroxylation is 2. The topological polar surface area (TPSA) is 144 Å². The summed E-state index contributed by atoms with van der Waals surface area (Å²) in [6.45, 7) is 1.34. The van der Waals surface area contributed by atoms with Crippen LogP contribution in [-0.2, 0) is 17.8 Å². The fourth-order valence-corrected chi connectivity index (χ4v) is 5.28. The van der Waals surface area contributed by atoms with E-state index in [0.717, 1.165) is 41.1 Å². The van der Waals surface area contributed by atoms with Gasteiger partial charge in [-0.3, -0.25) is 9.59 Å². The zero-order chi connectivity index (χ0) is 28.5. The molecule has 1 amide bonds. The van der Waals surface area contributed by atoms with Gasteiger partial charge in [0.05, 0.1) is 16.5 Å². The van der Waals surface area contributed by atoms with E-state index < -0.39 is 11.9 Å². The molecular formula is C31H30N3O7+. The molecular weight excluding hydrogens is 526 g/mol. The maximum atomic E-state index is 12.7. The van der Waals surface area contributed by atoms with E-state index in [1.165, 1.54) is 29.8 Å². The fourth-order valence-electron chi connectivity index (χ4n) is 5.28. The van der Waals surface area contributed by atoms with Crippen molar-refractivity contribution in [1.82, 2.24) is 5.32 Å². The second kappa shape index (κ2) is 10.9. The Bertz CT molecular complexity index is 1680. The Kier molecular flexibility index (Phi) is 6.96. The molecule has 41 heavy (non-hydrogen) atoms. The highest BCUT2D eigenvalue weighted by atomic mass is 16.7. The number of aromatic nitrogens is 1. The number of hydrogen-bond donors (Lipinski definition) is 4. The molecule has 0 bridgehead atoms. The van der Waals surface area contributed by atoms with Gasteiger partial charge >= 0.3 is 5.97 Å². The van der Waals surface area contributed by atoms with E-state index in [1.54, 1.807) is 0 Å². The lowest BCUT2D eigenvalue weighted by Gasteiger charge is -2.17. The Labute approximate surface area is 235 Å². The van der Waals surface area contributed by atoms with E-state index in [1.807, 2.05) is 30.5 Å². The molecule has 0 saturated heterocycles. The van der Waals surface area contributed by atoms with E-state index in [9.17, 15) is 19.8 Å². The van der Waals surface area contributed by atoms with Crippen LogP contribution in [0.15, 0.2) is 54.7 Å². The molecule has 10 heteroatoms. The lowest BCUT2D eigenvalue weighted by Crippen LogP contribution is -2.40. The number of nitrogens with two attached hydrogens (primary N) is 1. The number of unbranched alkanes of at least 4 members (excludes halogenated alkanes) is 2. The number of nitrogen functional groups attached to an aromatic ring is 1. The first kappa shape index (κ1) is 26.2. The summed E-state index contributed by atoms with van der Waals surface area (Å²) in [7, 11) is 0. The minimum Gasteiger partial charge on any atom is -0.507 e. The van der Waals surface area contributed by atoms with Crippen molar-refractivity contribution in [2.75, 3.05) is 19.1 Å². The molecule has 0 unspecified atom stereocenters. The minimum absolute atomic E-state index is 0.0986. The molecule has 210 valence electrons. The maximum absolute atomic E-state index is 12.7. The van der Waals surface area contributed by atoms with Gasteiger partial charge in [0.15, 0.2) is 35.7 Å². The number of anilines is 1. The SMILES string of the molecule is Nc1ccc(O)c(C(=O)NCCCCCC(=O)Oc2c(O)ccc3cc4[n+](cc23)CCc2cc3c(cc2-4)OCO3)c1. The Morgan fingerprint density at radius 1 is 0.976 bits per heavy atom. The number of phenols is 2. The zero-order valence-corrected chi connectivity index (χ0v) is 22.3. The molecule has 3 heterocycles. The fraction of sp³-hybridized carbons (Fsp3) is 0.258. The molecule has 0 saturated carbocycles. The van der Waals surface area contributed by atoms with Crippen LogP contribution in [0.4, 0.5) is 5.69 Å². The smallest absolute Gasteiger partial charge is 0.311 e. The normalized spacial score (nSPS) is 13.0. The summed E-state index contributed by atoms with van der Waals surface area (Å²) in [4.78, 5) is 24.9. The number of carbonyl (C=O) groups is 2. The molecule has 0 fully saturated rings. The number of nitrogens with one attached hydrogen (secondary N) is 1. The molecule has 10 nitrogen and oxygen atoms in total. The first-order valence-corrected chi connectivity index (χ1v) is 13.6. The highest BCUT2D eigenvalue weighted by Crippen LogP contribution is 2.41. The van der Waals surface area contributed by atoms with Gasteiger partial charge < -0.3 is 35.5 Å². The molecule has 6 rings (SSSR count). The van der Waals surface area contributed by atoms with Crippen molar-refractivity contribution in [1.29, 1.82) is 0 Å². The molecule has 5 N–H and O–H groups in total. The van der Waals surface area contributed by atoms with Gasteiger partial charge in [-0.1, -0.05) is 6.42 Å². The molecule has 0 atom stereocenters. The van der Waals surface area contributed by atoms with E-state index in [0.29, 0.717) is 36.9 Å². The van der Waals surface area contributed by atoms with Crippen LogP contribution in [-0.4, -0.2) is 35.4 Å². The van der Waals surface area contributed by atoms with E-state index in [4.69, 9.17) is 19.9 Å². The number of ether oxygens (including phenoxy) is 3. The average molecular weight is 557 g/mol. The molecule has 4 aromatic rings. The number of esters is 1. The van der Waals surface area contributed by atoms with Crippen molar-refractivity contribution in [2.45, 2.75) is 38.6 Å². The summed E-state index contributed by atoms with van der Waals surface area (Å²) in [6, 6.07) is 13.7. The first-order valence-electron chi connectivity index (χ1n) is 13.6. The lowest BCUT2D eigenvalue weighted by molar-refractivity contribution is -0.686. The van der Waals surface area contributed by atoms with Crippen LogP contribution in [0.5, 0.6) is 28.7 Å². The third-order valence-corrected chi connectivity index (χ3v) is 7.42. The second-order valence-corrected chi connectivity index (χ2v) is 10.2. The third kappa shape index (κ3) is 5.28. The highest BCUT2D eigenvalue weighted by Gasteiger charge is 2.29. The lowest BCUT2D eigenvalue weighted by atomic mass is 9.95. The number of nitrogens with zero attached hydrogens (tertiary/aromatic N) is 1. The van der Waals surface area contributed by atoms with Crippen molar-refractivity contribution >= 4 is 28.3 Å². The van der Waals surface area contributed by atoms with Gasteiger partial charge in [0.25, 0.3) is 5.91 Å². The Morgan fingerprint density at radius 2 is 1.78 bits per heavy atom. The number of carbonyl (C=O) groups excluding carboxylic acids is 2. The number of rotatable bonds is 8. The van der Waals surface area contributed by atoms with Crippen LogP contribution >= 0.6 is 0 Å². The Balaban J connectivity index is 1.07. The van der Waals surface area contributed by atoms with Crippen molar-refractivity contribution in [3.8, 4) is 40.0 Å². The summed E-state index contributed by atoms with van der Waals surface area (Å²) in [6.07, 6.45) is 4.78. The van der Waals surface area contributed by atoms with Gasteiger partial charge in [-0.25, -0.2) is 0 Å². The van der Waals surface area contributed by atoms with Gasteiger partial charge in [0.1, 0.15) is 5.75 Å². The van der Waals surface area contributed by atoms with Crippen LogP contribution in [0, 0.1) is 0 Å². The van der Waals surface area contributed by atoms with Gasteiger partial charge in [0.2, 0.25) is 12.5 Å². The molecule has 0 aliphatic carbocycles. The summed E-state index contributed by atoms with van der Waals surface area (Å²) < 4.78 is 18.9. The Hall–Kier alpha value is -4.99. The van der Waals surface area contributed by atoms with Gasteiger partial charge in [-0.05, 0) is 66.3 Å². The van der Waals surface area contributed by atoms with Gasteiger partial charge in [-0.15, -0.1) is 0 Å². The third-order valence-electron chi connectivity index (χ3n) is 7.42. The number of fused-ring (bicyclic) bond motifs is 5. The molecule has 0 spiro atoms. The second-order valence-electron chi connectivity index (χ2n) is 10.2. The number of benzene rings is 3. The van der Waals surface area contributed by atoms with Crippen molar-refractivity contribution in [3.05, 3.63) is 65.9 Å². The summed E-state index contributed by atoms with van der Waals surface area (Å²) >= 11 is 0. The molecule has 2 aliphatic heterocycles. The quantitative estimate of drug-likeness (QED) is 0.0637. The molecule has 3 aromatic carbocycles. The van der Waals surface area contributed by atoms with E-state index >= 15 is 0 Å². The predicted octanol–water partition coefficient (Wildman–Crippen LogP) is 3.97. The summed E-state index contributed by atoms with van der Waals surface area (Å²) in [5.41, 5.74) is 9.46. The standard InChI is InChI=1S/C31H29N3O7/c32-20-6-8-25(35)22(14-20)31(38)33-10-3-1-2-4-29(37)41-30-23-16-34-11-9-19-13-27-28(40-17-39-27)15-21(19)24(34)12-18(23)5-7-26(30)36/h5-8,12-16H,1-4,9-11,17,32H2,(H2-,33,35,36,38)/p+1. The van der Waals surface area contributed by atoms with Gasteiger partial charge in [-0.2, -0.15) is 4.57 Å². The summed E-state index contributed by atoms with van der Waals surface area (Å²) in [5.74, 6) is 0.554. The van der Waals surface area contributed by atoms with Crippen molar-refractivity contribution < 1.29 is 38.6 Å². The number of phenolic OH excluding ortho intramolecular Hbond substituents is 2. The van der Waals surface area contributed by atoms with Crippen LogP contribution < -0.4 is 29.8 Å². The van der Waals surface area contributed by atoms with Crippen LogP contribution in [0.3, 0.4) is 0 Å². The minimum atomic E-state index is -0.442. The van der Waals surface area contributed by atoms with E-state index in [-0.39, 0.29) is 36.0 Å². The van der Waals surface area contributed by atoms with Crippen molar-refractivity contribution in [3.63, 3.8) is 0 Å². The molecule has 0 radical (unpaired) electrons. The van der Waals surface area contributed by atoms with E-state index in [2.05, 4.69) is 9.88 Å². The van der Waals surface area contributed by atoms with Crippen molar-refractivity contribution in [2.24, 2.45) is 0 Å². The average Bonchev–Trinajstić information content (AvgIpc) is 3.43. The number of amides is 1. The van der Waals surface area contributed by atoms with Crippen LogP contribution in [0.1, 0.15) is 41.6 Å². The molecule has 2 aliphatic rings. The largest absolute Gasteiger partial charge is 0.507 e. The van der Waals surface area contributed by atoms with Crippen LogP contribution in [0.25, 0.3) is 22.0 Å². The predicted molar refractivity (Wildman–Crippen MR) is 150 cm³/mol. The van der Waals surface area contributed by atoms with Crippen LogP contribution in [0.2, 0.25) is 0 Å². The molecule has 1 aromatic heterocycles. The highest BCUT2D eigenvalue weighted by molar-refractivity contribution is 5.97.